The first kappa shape index (κ1) is 20.7. The first-order chi connectivity index (χ1) is 12.8. The molecule has 0 aliphatic carbocycles. The van der Waals surface area contributed by atoms with Crippen LogP contribution in [0.2, 0.25) is 0 Å². The number of aromatic nitrogens is 2. The molecule has 0 radical (unpaired) electrons. The number of benzene rings is 1. The van der Waals surface area contributed by atoms with Crippen molar-refractivity contribution < 1.29 is 0 Å². The van der Waals surface area contributed by atoms with E-state index in [1.807, 2.05) is 18.7 Å². The van der Waals surface area contributed by atoms with E-state index in [0.29, 0.717) is 5.92 Å². The normalized spacial score (nSPS) is 12.4. The second-order valence-corrected chi connectivity index (χ2v) is 7.75. The molecule has 0 bridgehead atoms. The molecule has 0 amide bonds. The topological polar surface area (TPSA) is 17.8 Å². The van der Waals surface area contributed by atoms with Crippen LogP contribution in [-0.4, -0.2) is 9.55 Å². The van der Waals surface area contributed by atoms with Crippen LogP contribution in [0.25, 0.3) is 5.69 Å². The molecule has 2 aromatic rings. The first-order valence-corrected chi connectivity index (χ1v) is 10.9. The molecule has 0 aliphatic heterocycles. The van der Waals surface area contributed by atoms with E-state index in [9.17, 15) is 0 Å². The Kier molecular flexibility index (Phi) is 10.2. The van der Waals surface area contributed by atoms with Crippen LogP contribution in [0.5, 0.6) is 0 Å². The van der Waals surface area contributed by atoms with Crippen LogP contribution >= 0.6 is 0 Å². The van der Waals surface area contributed by atoms with Gasteiger partial charge in [-0.15, -0.1) is 0 Å². The number of para-hydroxylation sites is 1. The van der Waals surface area contributed by atoms with Crippen molar-refractivity contribution in [2.24, 2.45) is 0 Å². The van der Waals surface area contributed by atoms with E-state index in [1.165, 1.54) is 88.3 Å². The first-order valence-electron chi connectivity index (χ1n) is 10.9. The van der Waals surface area contributed by atoms with Crippen LogP contribution in [0.1, 0.15) is 102 Å². The Labute approximate surface area is 161 Å². The molecule has 0 fully saturated rings. The standard InChI is InChI=1S/C24H38N2/c1-3-4-5-6-7-8-9-10-11-12-13-16-22(2)23-17-14-15-18-24(23)26-20-19-25-21-26/h14-15,17-22H,3-13,16H2,1-2H3/t22-/m0/s1. The fraction of sp³-hybridized carbons (Fsp3) is 0.625. The smallest absolute Gasteiger partial charge is 0.0991 e. The molecule has 1 aromatic carbocycles. The van der Waals surface area contributed by atoms with Gasteiger partial charge in [0, 0.05) is 18.1 Å². The molecule has 0 aliphatic rings. The summed E-state index contributed by atoms with van der Waals surface area (Å²) >= 11 is 0. The number of nitrogens with zero attached hydrogens (tertiary/aromatic N) is 2. The zero-order valence-corrected chi connectivity index (χ0v) is 17.0. The average molecular weight is 355 g/mol. The SMILES string of the molecule is CCCCCCCCCCCCC[C@H](C)c1ccccc1-n1ccnc1. The van der Waals surface area contributed by atoms with Gasteiger partial charge in [0.1, 0.15) is 0 Å². The van der Waals surface area contributed by atoms with E-state index < -0.39 is 0 Å². The Balaban J connectivity index is 1.59. The second kappa shape index (κ2) is 12.7. The van der Waals surface area contributed by atoms with Crippen LogP contribution in [0.3, 0.4) is 0 Å². The van der Waals surface area contributed by atoms with Crippen LogP contribution in [0.15, 0.2) is 43.0 Å². The number of rotatable bonds is 14. The fourth-order valence-corrected chi connectivity index (χ4v) is 3.81. The van der Waals surface area contributed by atoms with Gasteiger partial charge >= 0.3 is 0 Å². The van der Waals surface area contributed by atoms with Crippen molar-refractivity contribution in [3.05, 3.63) is 48.5 Å². The Morgan fingerprint density at radius 2 is 1.46 bits per heavy atom. The van der Waals surface area contributed by atoms with Gasteiger partial charge in [0.25, 0.3) is 0 Å². The number of unbranched alkanes of at least 4 members (excludes halogenated alkanes) is 10. The van der Waals surface area contributed by atoms with E-state index in [2.05, 4.69) is 47.7 Å². The maximum absolute atomic E-state index is 4.19. The van der Waals surface area contributed by atoms with Crippen molar-refractivity contribution in [1.82, 2.24) is 9.55 Å². The summed E-state index contributed by atoms with van der Waals surface area (Å²) < 4.78 is 2.13. The lowest BCUT2D eigenvalue weighted by Crippen LogP contribution is -2.01. The highest BCUT2D eigenvalue weighted by molar-refractivity contribution is 5.42. The molecule has 0 spiro atoms. The summed E-state index contributed by atoms with van der Waals surface area (Å²) in [6, 6.07) is 8.76. The van der Waals surface area contributed by atoms with Gasteiger partial charge in [-0.3, -0.25) is 0 Å². The summed E-state index contributed by atoms with van der Waals surface area (Å²) in [5.41, 5.74) is 2.72. The average Bonchev–Trinajstić information content (AvgIpc) is 3.20. The number of hydrogen-bond donors (Lipinski definition) is 0. The summed E-state index contributed by atoms with van der Waals surface area (Å²) in [7, 11) is 0. The van der Waals surface area contributed by atoms with Gasteiger partial charge < -0.3 is 4.57 Å². The van der Waals surface area contributed by atoms with Gasteiger partial charge in [-0.25, -0.2) is 4.98 Å². The van der Waals surface area contributed by atoms with Crippen molar-refractivity contribution in [3.63, 3.8) is 0 Å². The second-order valence-electron chi connectivity index (χ2n) is 7.75. The summed E-state index contributed by atoms with van der Waals surface area (Å²) in [6.07, 6.45) is 22.6. The molecular weight excluding hydrogens is 316 g/mol. The monoisotopic (exact) mass is 354 g/mol. The van der Waals surface area contributed by atoms with Crippen molar-refractivity contribution in [3.8, 4) is 5.69 Å². The fourth-order valence-electron chi connectivity index (χ4n) is 3.81. The molecular formula is C24H38N2. The Morgan fingerprint density at radius 3 is 2.08 bits per heavy atom. The lowest BCUT2D eigenvalue weighted by molar-refractivity contribution is 0.531. The molecule has 0 unspecified atom stereocenters. The quantitative estimate of drug-likeness (QED) is 0.318. The van der Waals surface area contributed by atoms with Gasteiger partial charge in [-0.1, -0.05) is 103 Å². The molecule has 1 heterocycles. The van der Waals surface area contributed by atoms with Gasteiger partial charge in [0.05, 0.1) is 6.33 Å². The third-order valence-corrected chi connectivity index (χ3v) is 5.49. The van der Waals surface area contributed by atoms with E-state index in [-0.39, 0.29) is 0 Å². The minimum Gasteiger partial charge on any atom is -0.306 e. The molecule has 0 N–H and O–H groups in total. The Hall–Kier alpha value is -1.57. The van der Waals surface area contributed by atoms with Crippen LogP contribution in [0, 0.1) is 0 Å². The van der Waals surface area contributed by atoms with E-state index in [0.717, 1.165) is 0 Å². The van der Waals surface area contributed by atoms with Gasteiger partial charge in [0.2, 0.25) is 0 Å². The molecule has 2 rings (SSSR count). The van der Waals surface area contributed by atoms with Crippen molar-refractivity contribution >= 4 is 0 Å². The predicted octanol–water partition coefficient (Wildman–Crippen LogP) is 7.68. The van der Waals surface area contributed by atoms with Crippen LogP contribution in [-0.2, 0) is 0 Å². The lowest BCUT2D eigenvalue weighted by Gasteiger charge is -2.17. The number of hydrogen-bond acceptors (Lipinski definition) is 1. The molecule has 1 aromatic heterocycles. The molecule has 2 heteroatoms. The highest BCUT2D eigenvalue weighted by Crippen LogP contribution is 2.27. The Bertz CT molecular complexity index is 574. The lowest BCUT2D eigenvalue weighted by atomic mass is 9.93. The molecule has 144 valence electrons. The summed E-state index contributed by atoms with van der Waals surface area (Å²) in [5.74, 6) is 0.604. The van der Waals surface area contributed by atoms with E-state index in [1.54, 1.807) is 0 Å². The summed E-state index contributed by atoms with van der Waals surface area (Å²) in [6.45, 7) is 4.66. The number of imidazole rings is 1. The highest BCUT2D eigenvalue weighted by atomic mass is 15.0. The zero-order valence-electron chi connectivity index (χ0n) is 17.0. The maximum Gasteiger partial charge on any atom is 0.0991 e. The molecule has 26 heavy (non-hydrogen) atoms. The van der Waals surface area contributed by atoms with Gasteiger partial charge in [0.15, 0.2) is 0 Å². The Morgan fingerprint density at radius 1 is 0.846 bits per heavy atom. The minimum atomic E-state index is 0.604. The summed E-state index contributed by atoms with van der Waals surface area (Å²) in [5, 5.41) is 0. The minimum absolute atomic E-state index is 0.604. The van der Waals surface area contributed by atoms with Crippen molar-refractivity contribution in [1.29, 1.82) is 0 Å². The van der Waals surface area contributed by atoms with Crippen molar-refractivity contribution in [2.75, 3.05) is 0 Å². The van der Waals surface area contributed by atoms with Gasteiger partial charge in [-0.2, -0.15) is 0 Å². The largest absolute Gasteiger partial charge is 0.306 e. The van der Waals surface area contributed by atoms with Crippen LogP contribution in [0.4, 0.5) is 0 Å². The molecule has 0 saturated carbocycles. The molecule has 2 nitrogen and oxygen atoms in total. The third-order valence-electron chi connectivity index (χ3n) is 5.49. The van der Waals surface area contributed by atoms with Crippen molar-refractivity contribution in [2.45, 2.75) is 96.8 Å². The van der Waals surface area contributed by atoms with E-state index >= 15 is 0 Å². The molecule has 1 atom stereocenters. The zero-order chi connectivity index (χ0) is 18.5. The van der Waals surface area contributed by atoms with Gasteiger partial charge in [-0.05, 0) is 24.0 Å². The van der Waals surface area contributed by atoms with Crippen LogP contribution < -0.4 is 0 Å². The highest BCUT2D eigenvalue weighted by Gasteiger charge is 2.11. The third kappa shape index (κ3) is 7.35. The van der Waals surface area contributed by atoms with E-state index in [4.69, 9.17) is 0 Å². The maximum atomic E-state index is 4.19. The summed E-state index contributed by atoms with van der Waals surface area (Å²) in [4.78, 5) is 4.19. The predicted molar refractivity (Wildman–Crippen MR) is 113 cm³/mol. The molecule has 0 saturated heterocycles.